The summed E-state index contributed by atoms with van der Waals surface area (Å²) in [6.07, 6.45) is 3.68. The van der Waals surface area contributed by atoms with Crippen LogP contribution in [0.1, 0.15) is 47.4 Å². The van der Waals surface area contributed by atoms with Crippen molar-refractivity contribution in [3.8, 4) is 6.01 Å². The number of halogens is 1. The van der Waals surface area contributed by atoms with Gasteiger partial charge < -0.3 is 10.1 Å². The molecule has 0 atom stereocenters. The first kappa shape index (κ1) is 17.9. The molecule has 1 saturated carbocycles. The van der Waals surface area contributed by atoms with Crippen molar-refractivity contribution < 1.29 is 9.53 Å². The number of carbonyl (C=O) groups excluding carboxylic acids is 1. The van der Waals surface area contributed by atoms with E-state index in [-0.39, 0.29) is 18.1 Å². The normalized spacial score (nSPS) is 20.1. The van der Waals surface area contributed by atoms with Gasteiger partial charge >= 0.3 is 6.01 Å². The highest BCUT2D eigenvalue weighted by atomic mass is 79.9. The summed E-state index contributed by atoms with van der Waals surface area (Å²) in [5.74, 6) is -0.0247. The van der Waals surface area contributed by atoms with Crippen LogP contribution in [0.15, 0.2) is 34.8 Å². The maximum Gasteiger partial charge on any atom is 0.317 e. The van der Waals surface area contributed by atoms with E-state index in [0.717, 1.165) is 41.5 Å². The Bertz CT molecular complexity index is 738. The third kappa shape index (κ3) is 5.01. The van der Waals surface area contributed by atoms with Gasteiger partial charge in [-0.15, -0.1) is 0 Å². The molecule has 1 aliphatic carbocycles. The first-order valence-electron chi connectivity index (χ1n) is 8.55. The number of aryl methyl sites for hydroxylation is 2. The van der Waals surface area contributed by atoms with Crippen LogP contribution in [0.25, 0.3) is 0 Å². The quantitative estimate of drug-likeness (QED) is 0.838. The van der Waals surface area contributed by atoms with Crippen LogP contribution in [0.3, 0.4) is 0 Å². The Morgan fingerprint density at radius 1 is 1.12 bits per heavy atom. The van der Waals surface area contributed by atoms with E-state index >= 15 is 0 Å². The zero-order chi connectivity index (χ0) is 17.8. The molecule has 0 aliphatic heterocycles. The fourth-order valence-electron chi connectivity index (χ4n) is 3.12. The fourth-order valence-corrected chi connectivity index (χ4v) is 3.52. The molecule has 1 aromatic carbocycles. The summed E-state index contributed by atoms with van der Waals surface area (Å²) in [6, 6.07) is 10.0. The molecule has 1 amide bonds. The zero-order valence-electron chi connectivity index (χ0n) is 14.5. The van der Waals surface area contributed by atoms with Gasteiger partial charge in [-0.25, -0.2) is 9.97 Å². The molecule has 1 aliphatic rings. The molecular weight excluding hydrogens is 382 g/mol. The minimum atomic E-state index is -0.0247. The number of hydrogen-bond donors (Lipinski definition) is 1. The minimum Gasteiger partial charge on any atom is -0.460 e. The number of benzene rings is 1. The van der Waals surface area contributed by atoms with E-state index in [1.165, 1.54) is 0 Å². The minimum absolute atomic E-state index is 0.0247. The average Bonchev–Trinajstić information content (AvgIpc) is 2.56. The number of nitrogens with one attached hydrogen (secondary N) is 1. The molecule has 5 nitrogen and oxygen atoms in total. The molecule has 1 aromatic heterocycles. The lowest BCUT2D eigenvalue weighted by Crippen LogP contribution is -2.39. The lowest BCUT2D eigenvalue weighted by molar-refractivity contribution is 0.0884. The molecule has 1 heterocycles. The molecule has 132 valence electrons. The number of ether oxygens (including phenoxy) is 1. The van der Waals surface area contributed by atoms with Gasteiger partial charge in [-0.2, -0.15) is 0 Å². The third-order valence-corrected chi connectivity index (χ3v) is 4.82. The maximum atomic E-state index is 12.3. The molecule has 6 heteroatoms. The second-order valence-electron chi connectivity index (χ2n) is 6.51. The lowest BCUT2D eigenvalue weighted by atomic mass is 9.92. The van der Waals surface area contributed by atoms with Crippen LogP contribution < -0.4 is 10.1 Å². The van der Waals surface area contributed by atoms with Crippen molar-refractivity contribution in [3.63, 3.8) is 0 Å². The van der Waals surface area contributed by atoms with Crippen LogP contribution in [0.4, 0.5) is 0 Å². The van der Waals surface area contributed by atoms with Gasteiger partial charge in [-0.3, -0.25) is 4.79 Å². The van der Waals surface area contributed by atoms with Gasteiger partial charge in [0.15, 0.2) is 0 Å². The van der Waals surface area contributed by atoms with E-state index in [4.69, 9.17) is 4.74 Å². The molecule has 0 bridgehead atoms. The number of hydrogen-bond acceptors (Lipinski definition) is 4. The van der Waals surface area contributed by atoms with Crippen molar-refractivity contribution in [2.45, 2.75) is 51.7 Å². The van der Waals surface area contributed by atoms with Gasteiger partial charge in [-0.05, 0) is 63.8 Å². The highest BCUT2D eigenvalue weighted by Gasteiger charge is 2.24. The molecule has 0 unspecified atom stereocenters. The summed E-state index contributed by atoms with van der Waals surface area (Å²) in [7, 11) is 0. The summed E-state index contributed by atoms with van der Waals surface area (Å²) < 4.78 is 6.84. The lowest BCUT2D eigenvalue weighted by Gasteiger charge is -2.29. The molecule has 2 aromatic rings. The molecular formula is C19H22BrN3O2. The highest BCUT2D eigenvalue weighted by Crippen LogP contribution is 2.23. The molecule has 0 spiro atoms. The average molecular weight is 404 g/mol. The Balaban J connectivity index is 1.51. The van der Waals surface area contributed by atoms with Gasteiger partial charge in [-0.1, -0.05) is 22.0 Å². The fraction of sp³-hybridized carbons (Fsp3) is 0.421. The van der Waals surface area contributed by atoms with Gasteiger partial charge in [0.1, 0.15) is 6.10 Å². The second-order valence-corrected chi connectivity index (χ2v) is 7.42. The summed E-state index contributed by atoms with van der Waals surface area (Å²) in [6.45, 7) is 3.88. The molecule has 1 fully saturated rings. The zero-order valence-corrected chi connectivity index (χ0v) is 16.0. The molecule has 0 saturated heterocycles. The van der Waals surface area contributed by atoms with E-state index < -0.39 is 0 Å². The van der Waals surface area contributed by atoms with Gasteiger partial charge in [0.25, 0.3) is 5.91 Å². The Labute approximate surface area is 156 Å². The number of nitrogens with zero attached hydrogens (tertiary/aromatic N) is 2. The van der Waals surface area contributed by atoms with Gasteiger partial charge in [0.05, 0.1) is 0 Å². The number of aromatic nitrogens is 2. The predicted octanol–water partition coefficient (Wildman–Crippen LogP) is 3.98. The van der Waals surface area contributed by atoms with E-state index in [9.17, 15) is 4.79 Å². The van der Waals surface area contributed by atoms with E-state index in [2.05, 4.69) is 31.2 Å². The Hall–Kier alpha value is -1.95. The van der Waals surface area contributed by atoms with Crippen molar-refractivity contribution in [1.82, 2.24) is 15.3 Å². The molecule has 1 N–H and O–H groups in total. The largest absolute Gasteiger partial charge is 0.460 e. The number of rotatable bonds is 4. The third-order valence-electron chi connectivity index (χ3n) is 4.33. The van der Waals surface area contributed by atoms with Crippen molar-refractivity contribution >= 4 is 21.8 Å². The van der Waals surface area contributed by atoms with Crippen molar-refractivity contribution in [2.24, 2.45) is 0 Å². The number of carbonyl (C=O) groups is 1. The van der Waals surface area contributed by atoms with Crippen LogP contribution in [0, 0.1) is 13.8 Å². The second kappa shape index (κ2) is 7.95. The number of amides is 1. The van der Waals surface area contributed by atoms with Crippen molar-refractivity contribution in [2.75, 3.05) is 0 Å². The summed E-state index contributed by atoms with van der Waals surface area (Å²) >= 11 is 3.40. The Morgan fingerprint density at radius 3 is 2.44 bits per heavy atom. The monoisotopic (exact) mass is 403 g/mol. The van der Waals surface area contributed by atoms with Crippen molar-refractivity contribution in [3.05, 3.63) is 51.8 Å². The van der Waals surface area contributed by atoms with E-state index in [0.29, 0.717) is 11.6 Å². The van der Waals surface area contributed by atoms with E-state index in [1.807, 2.05) is 44.2 Å². The first-order chi connectivity index (χ1) is 12.0. The predicted molar refractivity (Wildman–Crippen MR) is 99.8 cm³/mol. The van der Waals surface area contributed by atoms with Crippen LogP contribution in [-0.2, 0) is 0 Å². The molecule has 0 radical (unpaired) electrons. The summed E-state index contributed by atoms with van der Waals surface area (Å²) in [4.78, 5) is 21.0. The van der Waals surface area contributed by atoms with Crippen LogP contribution in [0.5, 0.6) is 6.01 Å². The first-order valence-corrected chi connectivity index (χ1v) is 9.34. The standard InChI is InChI=1S/C19H22BrN3O2/c1-12-10-13(2)22-19(21-12)25-17-8-6-16(7-9-17)23-18(24)14-4-3-5-15(20)11-14/h3-5,10-11,16-17H,6-9H2,1-2H3,(H,23,24). The Morgan fingerprint density at radius 2 is 1.80 bits per heavy atom. The highest BCUT2D eigenvalue weighted by molar-refractivity contribution is 9.10. The SMILES string of the molecule is Cc1cc(C)nc(OC2CCC(NC(=O)c3cccc(Br)c3)CC2)n1. The molecule has 3 rings (SSSR count). The smallest absolute Gasteiger partial charge is 0.317 e. The topological polar surface area (TPSA) is 64.1 Å². The summed E-state index contributed by atoms with van der Waals surface area (Å²) in [5.41, 5.74) is 2.51. The van der Waals surface area contributed by atoms with Crippen molar-refractivity contribution in [1.29, 1.82) is 0 Å². The van der Waals surface area contributed by atoms with Crippen LogP contribution >= 0.6 is 15.9 Å². The van der Waals surface area contributed by atoms with Crippen LogP contribution in [-0.4, -0.2) is 28.0 Å². The summed E-state index contributed by atoms with van der Waals surface area (Å²) in [5, 5.41) is 3.12. The van der Waals surface area contributed by atoms with E-state index in [1.54, 1.807) is 0 Å². The Kier molecular flexibility index (Phi) is 5.68. The van der Waals surface area contributed by atoms with Gasteiger partial charge in [0, 0.05) is 27.5 Å². The van der Waals surface area contributed by atoms with Gasteiger partial charge in [0.2, 0.25) is 0 Å². The maximum absolute atomic E-state index is 12.3. The molecule has 25 heavy (non-hydrogen) atoms. The van der Waals surface area contributed by atoms with Crippen LogP contribution in [0.2, 0.25) is 0 Å².